The number of nitrogens with zero attached hydrogens (tertiary/aromatic N) is 1. The van der Waals surface area contributed by atoms with Crippen molar-refractivity contribution in [1.82, 2.24) is 4.90 Å². The molecule has 26 heavy (non-hydrogen) atoms. The molecule has 0 aromatic heterocycles. The fraction of sp³-hybridized carbons (Fsp3) is 0.333. The van der Waals surface area contributed by atoms with Crippen LogP contribution in [0.4, 0.5) is 5.69 Å². The summed E-state index contributed by atoms with van der Waals surface area (Å²) in [6.07, 6.45) is 0. The molecule has 1 N–H and O–H groups in total. The normalized spacial score (nSPS) is 13.0. The molecular weight excluding hydrogens is 440 g/mol. The lowest BCUT2D eigenvalue weighted by Crippen LogP contribution is -2.19. The molecule has 8 heteroatoms. The van der Waals surface area contributed by atoms with Gasteiger partial charge in [-0.1, -0.05) is 11.6 Å². The van der Waals surface area contributed by atoms with Gasteiger partial charge in [0.05, 0.1) is 5.02 Å². The van der Waals surface area contributed by atoms with Crippen LogP contribution in [0.25, 0.3) is 0 Å². The quantitative estimate of drug-likeness (QED) is 0.592. The van der Waals surface area contributed by atoms with Gasteiger partial charge in [-0.25, -0.2) is 0 Å². The number of benzene rings is 2. The van der Waals surface area contributed by atoms with Gasteiger partial charge in [-0.3, -0.25) is 0 Å². The second-order valence-corrected chi connectivity index (χ2v) is 8.04. The lowest BCUT2D eigenvalue weighted by atomic mass is 10.3. The Balaban J connectivity index is 1.66. The van der Waals surface area contributed by atoms with Crippen LogP contribution >= 0.6 is 39.5 Å². The minimum Gasteiger partial charge on any atom is -0.491 e. The van der Waals surface area contributed by atoms with Crippen molar-refractivity contribution in [2.75, 3.05) is 45.2 Å². The summed E-state index contributed by atoms with van der Waals surface area (Å²) in [6.45, 7) is 2.55. The van der Waals surface area contributed by atoms with Crippen molar-refractivity contribution in [3.8, 4) is 17.2 Å². The summed E-state index contributed by atoms with van der Waals surface area (Å²) in [6, 6.07) is 9.53. The molecule has 2 aromatic carbocycles. The Morgan fingerprint density at radius 1 is 1.19 bits per heavy atom. The third-order valence-electron chi connectivity index (χ3n) is 3.60. The van der Waals surface area contributed by atoms with E-state index in [-0.39, 0.29) is 0 Å². The number of likely N-dealkylation sites (N-methyl/N-ethyl adjacent to an activating group) is 1. The highest BCUT2D eigenvalue weighted by Crippen LogP contribution is 2.40. The predicted octanol–water partition coefficient (Wildman–Crippen LogP) is 4.93. The topological polar surface area (TPSA) is 43.0 Å². The van der Waals surface area contributed by atoms with E-state index >= 15 is 0 Å². The van der Waals surface area contributed by atoms with E-state index < -0.39 is 0 Å². The highest BCUT2D eigenvalue weighted by molar-refractivity contribution is 9.10. The Labute approximate surface area is 171 Å². The van der Waals surface area contributed by atoms with Crippen LogP contribution in [0.1, 0.15) is 0 Å². The van der Waals surface area contributed by atoms with Gasteiger partial charge in [0.15, 0.2) is 11.5 Å². The lowest BCUT2D eigenvalue weighted by Gasteiger charge is -2.20. The number of nitrogens with one attached hydrogen (secondary N) is 1. The Bertz CT molecular complexity index is 776. The first-order valence-corrected chi connectivity index (χ1v) is 10.1. The van der Waals surface area contributed by atoms with Crippen LogP contribution in [-0.2, 0) is 0 Å². The first kappa shape index (κ1) is 19.5. The van der Waals surface area contributed by atoms with Gasteiger partial charge >= 0.3 is 0 Å². The van der Waals surface area contributed by atoms with E-state index in [0.29, 0.717) is 30.6 Å². The molecule has 2 aromatic rings. The van der Waals surface area contributed by atoms with Crippen LogP contribution in [-0.4, -0.2) is 45.4 Å². The highest BCUT2D eigenvalue weighted by atomic mass is 79.9. The van der Waals surface area contributed by atoms with Gasteiger partial charge in [-0.05, 0) is 60.2 Å². The second kappa shape index (κ2) is 9.08. The SMILES string of the molecule is CN(C)CCOc1cc(NSc2cc3c(cc2Br)OCCO3)ccc1Cl. The summed E-state index contributed by atoms with van der Waals surface area (Å²) in [5, 5.41) is 0.597. The van der Waals surface area contributed by atoms with Crippen molar-refractivity contribution < 1.29 is 14.2 Å². The minimum absolute atomic E-state index is 0.566. The summed E-state index contributed by atoms with van der Waals surface area (Å²) in [5.74, 6) is 2.18. The molecule has 1 heterocycles. The summed E-state index contributed by atoms with van der Waals surface area (Å²) < 4.78 is 21.3. The number of hydrogen-bond donors (Lipinski definition) is 1. The molecule has 3 rings (SSSR count). The van der Waals surface area contributed by atoms with Crippen molar-refractivity contribution in [3.63, 3.8) is 0 Å². The molecule has 0 spiro atoms. The maximum atomic E-state index is 6.22. The third kappa shape index (κ3) is 5.13. The van der Waals surface area contributed by atoms with Crippen molar-refractivity contribution in [2.24, 2.45) is 0 Å². The molecule has 0 aliphatic carbocycles. The molecule has 0 amide bonds. The summed E-state index contributed by atoms with van der Waals surface area (Å²) in [4.78, 5) is 3.06. The van der Waals surface area contributed by atoms with Crippen molar-refractivity contribution in [2.45, 2.75) is 4.90 Å². The van der Waals surface area contributed by atoms with Crippen LogP contribution < -0.4 is 18.9 Å². The molecule has 0 unspecified atom stereocenters. The van der Waals surface area contributed by atoms with E-state index in [2.05, 4.69) is 25.6 Å². The number of halogens is 2. The molecule has 0 radical (unpaired) electrons. The van der Waals surface area contributed by atoms with Crippen LogP contribution in [0.5, 0.6) is 17.2 Å². The molecule has 0 bridgehead atoms. The van der Waals surface area contributed by atoms with E-state index in [1.807, 2.05) is 44.4 Å². The molecule has 0 saturated carbocycles. The number of ether oxygens (including phenoxy) is 3. The maximum Gasteiger partial charge on any atom is 0.162 e. The van der Waals surface area contributed by atoms with Crippen molar-refractivity contribution >= 4 is 45.2 Å². The number of rotatable bonds is 7. The molecule has 1 aliphatic heterocycles. The fourth-order valence-corrected chi connectivity index (χ4v) is 3.67. The van der Waals surface area contributed by atoms with Crippen molar-refractivity contribution in [3.05, 3.63) is 39.8 Å². The van der Waals surface area contributed by atoms with Gasteiger partial charge in [0, 0.05) is 33.7 Å². The van der Waals surface area contributed by atoms with Gasteiger partial charge in [-0.2, -0.15) is 0 Å². The second-order valence-electron chi connectivity index (χ2n) is 5.93. The molecule has 0 saturated heterocycles. The lowest BCUT2D eigenvalue weighted by molar-refractivity contribution is 0.171. The average molecular weight is 460 g/mol. The van der Waals surface area contributed by atoms with Gasteiger partial charge in [0.1, 0.15) is 25.6 Å². The van der Waals surface area contributed by atoms with E-state index in [0.717, 1.165) is 33.1 Å². The molecule has 140 valence electrons. The minimum atomic E-state index is 0.566. The largest absolute Gasteiger partial charge is 0.491 e. The van der Waals surface area contributed by atoms with Crippen LogP contribution in [0, 0.1) is 0 Å². The molecule has 0 fully saturated rings. The molecule has 5 nitrogen and oxygen atoms in total. The predicted molar refractivity (Wildman–Crippen MR) is 110 cm³/mol. The first-order chi connectivity index (χ1) is 12.5. The molecular formula is C18H20BrClN2O3S. The van der Waals surface area contributed by atoms with E-state index in [1.54, 1.807) is 0 Å². The van der Waals surface area contributed by atoms with E-state index in [1.165, 1.54) is 11.9 Å². The Morgan fingerprint density at radius 3 is 2.65 bits per heavy atom. The van der Waals surface area contributed by atoms with Crippen molar-refractivity contribution in [1.29, 1.82) is 0 Å². The number of fused-ring (bicyclic) bond motifs is 1. The summed E-state index contributed by atoms with van der Waals surface area (Å²) >= 11 is 11.3. The zero-order valence-electron chi connectivity index (χ0n) is 14.6. The van der Waals surface area contributed by atoms with E-state index in [4.69, 9.17) is 25.8 Å². The van der Waals surface area contributed by atoms with Crippen LogP contribution in [0.15, 0.2) is 39.7 Å². The van der Waals surface area contributed by atoms with Gasteiger partial charge in [-0.15, -0.1) is 0 Å². The maximum absolute atomic E-state index is 6.22. The monoisotopic (exact) mass is 458 g/mol. The Hall–Kier alpha value is -1.28. The average Bonchev–Trinajstić information content (AvgIpc) is 2.62. The zero-order chi connectivity index (χ0) is 18.5. The summed E-state index contributed by atoms with van der Waals surface area (Å²) in [5.41, 5.74) is 0.904. The van der Waals surface area contributed by atoms with Gasteiger partial charge in [0.2, 0.25) is 0 Å². The number of anilines is 1. The van der Waals surface area contributed by atoms with Gasteiger partial charge in [0.25, 0.3) is 0 Å². The summed E-state index contributed by atoms with van der Waals surface area (Å²) in [7, 11) is 4.01. The van der Waals surface area contributed by atoms with Gasteiger partial charge < -0.3 is 23.8 Å². The number of hydrogen-bond acceptors (Lipinski definition) is 6. The first-order valence-electron chi connectivity index (χ1n) is 8.12. The van der Waals surface area contributed by atoms with Crippen LogP contribution in [0.2, 0.25) is 5.02 Å². The standard InChI is InChI=1S/C18H20BrClN2O3S/c1-22(2)5-6-23-15-9-12(3-4-14(15)20)21-26-18-11-17-16(10-13(18)19)24-7-8-25-17/h3-4,9-11,21H,5-8H2,1-2H3. The molecule has 1 aliphatic rings. The fourth-order valence-electron chi connectivity index (χ4n) is 2.25. The van der Waals surface area contributed by atoms with E-state index in [9.17, 15) is 0 Å². The smallest absolute Gasteiger partial charge is 0.162 e. The molecule has 0 atom stereocenters. The third-order valence-corrected chi connectivity index (χ3v) is 5.73. The highest BCUT2D eigenvalue weighted by Gasteiger charge is 2.15. The Morgan fingerprint density at radius 2 is 1.92 bits per heavy atom. The Kier molecular flexibility index (Phi) is 6.80. The van der Waals surface area contributed by atoms with Crippen LogP contribution in [0.3, 0.4) is 0 Å². The zero-order valence-corrected chi connectivity index (χ0v) is 17.7.